The molecule has 0 radical (unpaired) electrons. The molecule has 268 valence electrons. The number of benzene rings is 9. The molecule has 3 heteroatoms. The highest BCUT2D eigenvalue weighted by Gasteiger charge is 2.22. The van der Waals surface area contributed by atoms with Crippen LogP contribution in [0.1, 0.15) is 0 Å². The first kappa shape index (κ1) is 33.2. The number of hydrogen-bond donors (Lipinski definition) is 0. The van der Waals surface area contributed by atoms with Crippen LogP contribution in [0.2, 0.25) is 0 Å². The van der Waals surface area contributed by atoms with Crippen LogP contribution in [0, 0.1) is 0 Å². The van der Waals surface area contributed by atoms with Crippen LogP contribution in [0.5, 0.6) is 0 Å². The van der Waals surface area contributed by atoms with Crippen molar-refractivity contribution >= 4 is 70.4 Å². The Morgan fingerprint density at radius 3 is 1.72 bits per heavy atom. The largest absolute Gasteiger partial charge is 0.310 e. The second-order valence-corrected chi connectivity index (χ2v) is 15.6. The molecule has 57 heavy (non-hydrogen) atoms. The highest BCUT2D eigenvalue weighted by Crippen LogP contribution is 2.48. The summed E-state index contributed by atoms with van der Waals surface area (Å²) in [6.45, 7) is 0. The van der Waals surface area contributed by atoms with Crippen molar-refractivity contribution in [2.75, 3.05) is 4.90 Å². The van der Waals surface area contributed by atoms with Gasteiger partial charge in [0.2, 0.25) is 0 Å². The van der Waals surface area contributed by atoms with E-state index in [2.05, 4.69) is 228 Å². The van der Waals surface area contributed by atoms with Crippen molar-refractivity contribution in [1.82, 2.24) is 4.57 Å². The summed E-state index contributed by atoms with van der Waals surface area (Å²) < 4.78 is 4.98. The van der Waals surface area contributed by atoms with Crippen molar-refractivity contribution in [2.45, 2.75) is 0 Å². The summed E-state index contributed by atoms with van der Waals surface area (Å²) in [5, 5.41) is 5.05. The Morgan fingerprint density at radius 1 is 0.351 bits per heavy atom. The maximum absolute atomic E-state index is 2.46. The normalized spacial score (nSPS) is 11.5. The van der Waals surface area contributed by atoms with Gasteiger partial charge in [0.1, 0.15) is 0 Å². The van der Waals surface area contributed by atoms with Gasteiger partial charge in [-0.1, -0.05) is 158 Å². The van der Waals surface area contributed by atoms with E-state index in [-0.39, 0.29) is 0 Å². The van der Waals surface area contributed by atoms with Crippen molar-refractivity contribution in [3.05, 3.63) is 218 Å². The fourth-order valence-electron chi connectivity index (χ4n) is 8.58. The highest BCUT2D eigenvalue weighted by atomic mass is 32.1. The molecule has 0 aliphatic carbocycles. The van der Waals surface area contributed by atoms with Gasteiger partial charge in [0, 0.05) is 59.1 Å². The minimum atomic E-state index is 1.10. The van der Waals surface area contributed by atoms with E-state index in [4.69, 9.17) is 0 Å². The van der Waals surface area contributed by atoms with Gasteiger partial charge >= 0.3 is 0 Å². The molecule has 0 atom stereocenters. The molecule has 2 nitrogen and oxygen atoms in total. The number of nitrogens with zero attached hydrogens (tertiary/aromatic N) is 2. The van der Waals surface area contributed by atoms with Crippen LogP contribution in [0.25, 0.3) is 81.0 Å². The van der Waals surface area contributed by atoms with E-state index >= 15 is 0 Å². The Morgan fingerprint density at radius 2 is 0.947 bits per heavy atom. The third-order valence-electron chi connectivity index (χ3n) is 11.2. The zero-order valence-electron chi connectivity index (χ0n) is 31.1. The third kappa shape index (κ3) is 5.71. The van der Waals surface area contributed by atoms with Gasteiger partial charge in [-0.15, -0.1) is 11.3 Å². The zero-order chi connectivity index (χ0) is 37.7. The molecular formula is C54H36N2S. The molecule has 0 aliphatic rings. The second kappa shape index (κ2) is 13.8. The smallest absolute Gasteiger partial charge is 0.0541 e. The monoisotopic (exact) mass is 744 g/mol. The molecular weight excluding hydrogens is 709 g/mol. The lowest BCUT2D eigenvalue weighted by Crippen LogP contribution is -2.11. The third-order valence-corrected chi connectivity index (χ3v) is 12.4. The van der Waals surface area contributed by atoms with Crippen LogP contribution in [-0.2, 0) is 0 Å². The predicted molar refractivity (Wildman–Crippen MR) is 245 cm³/mol. The molecule has 0 spiro atoms. The van der Waals surface area contributed by atoms with E-state index < -0.39 is 0 Å². The summed E-state index contributed by atoms with van der Waals surface area (Å²) in [7, 11) is 0. The van der Waals surface area contributed by atoms with E-state index in [1.165, 1.54) is 75.4 Å². The number of thiophene rings is 1. The van der Waals surface area contributed by atoms with Crippen molar-refractivity contribution < 1.29 is 0 Å². The molecule has 0 bridgehead atoms. The fraction of sp³-hybridized carbons (Fsp3) is 0. The summed E-state index contributed by atoms with van der Waals surface area (Å²) in [4.78, 5) is 2.46. The fourth-order valence-corrected chi connectivity index (χ4v) is 9.80. The lowest BCUT2D eigenvalue weighted by atomic mass is 9.98. The van der Waals surface area contributed by atoms with Crippen molar-refractivity contribution in [3.63, 3.8) is 0 Å². The van der Waals surface area contributed by atoms with Gasteiger partial charge in [0.25, 0.3) is 0 Å². The molecule has 0 aliphatic heterocycles. The lowest BCUT2D eigenvalue weighted by molar-refractivity contribution is 1.18. The van der Waals surface area contributed by atoms with Crippen molar-refractivity contribution in [3.8, 4) is 39.1 Å². The van der Waals surface area contributed by atoms with Gasteiger partial charge in [0.05, 0.1) is 16.7 Å². The lowest BCUT2D eigenvalue weighted by Gasteiger charge is -2.29. The minimum absolute atomic E-state index is 1.10. The first-order valence-electron chi connectivity index (χ1n) is 19.4. The van der Waals surface area contributed by atoms with Gasteiger partial charge in [0.15, 0.2) is 0 Å². The summed E-state index contributed by atoms with van der Waals surface area (Å²) in [6.07, 6.45) is 0. The SMILES string of the molecule is c1ccc(-c2cccc(N(c3cc(-c4cccc(-n5c6ccccc6c6ccccc65)c4)c4sc5ccccc5c4c3)c3ccccc3-c3ccccc3)c2)cc1. The molecule has 0 saturated heterocycles. The molecule has 0 fully saturated rings. The Kier molecular flexibility index (Phi) is 8.04. The first-order valence-corrected chi connectivity index (χ1v) is 20.2. The van der Waals surface area contributed by atoms with E-state index in [1.54, 1.807) is 0 Å². The first-order chi connectivity index (χ1) is 28.3. The number of rotatable bonds is 7. The van der Waals surface area contributed by atoms with E-state index in [1.807, 2.05) is 11.3 Å². The predicted octanol–water partition coefficient (Wildman–Crippen LogP) is 15.6. The molecule has 0 N–H and O–H groups in total. The van der Waals surface area contributed by atoms with Crippen LogP contribution in [0.15, 0.2) is 218 Å². The quantitative estimate of drug-likeness (QED) is 0.158. The summed E-state index contributed by atoms with van der Waals surface area (Å²) in [5.41, 5.74) is 14.0. The number of aromatic nitrogens is 1. The number of hydrogen-bond acceptors (Lipinski definition) is 2. The second-order valence-electron chi connectivity index (χ2n) is 14.5. The average Bonchev–Trinajstić information content (AvgIpc) is 3.83. The van der Waals surface area contributed by atoms with E-state index in [9.17, 15) is 0 Å². The summed E-state index contributed by atoms with van der Waals surface area (Å²) in [6, 6.07) is 79.4. The molecule has 9 aromatic carbocycles. The van der Waals surface area contributed by atoms with Gasteiger partial charge in [-0.25, -0.2) is 0 Å². The van der Waals surface area contributed by atoms with Crippen LogP contribution in [-0.4, -0.2) is 4.57 Å². The topological polar surface area (TPSA) is 8.17 Å². The van der Waals surface area contributed by atoms with Crippen LogP contribution >= 0.6 is 11.3 Å². The van der Waals surface area contributed by atoms with Crippen molar-refractivity contribution in [2.24, 2.45) is 0 Å². The summed E-state index contributed by atoms with van der Waals surface area (Å²) in [5.74, 6) is 0. The number of anilines is 3. The van der Waals surface area contributed by atoms with Crippen LogP contribution in [0.4, 0.5) is 17.1 Å². The molecule has 11 rings (SSSR count). The maximum atomic E-state index is 2.46. The van der Waals surface area contributed by atoms with Crippen LogP contribution < -0.4 is 4.90 Å². The zero-order valence-corrected chi connectivity index (χ0v) is 31.9. The Hall–Kier alpha value is -7.20. The minimum Gasteiger partial charge on any atom is -0.310 e. The summed E-state index contributed by atoms with van der Waals surface area (Å²) >= 11 is 1.88. The standard InChI is InChI=1S/C54H36N2S/c1-3-17-37(18-4-1)39-21-15-23-41(33-39)55(50-29-11-7-25-44(50)38-19-5-2-6-20-38)43-35-48(54-49(36-43)47-28-10-14-32-53(47)57-54)40-22-16-24-42(34-40)56-51-30-12-8-26-45(51)46-27-9-13-31-52(46)56/h1-36H. The van der Waals surface area contributed by atoms with E-state index in [0.29, 0.717) is 0 Å². The van der Waals surface area contributed by atoms with Crippen LogP contribution in [0.3, 0.4) is 0 Å². The highest BCUT2D eigenvalue weighted by molar-refractivity contribution is 7.26. The maximum Gasteiger partial charge on any atom is 0.0541 e. The molecule has 0 unspecified atom stereocenters. The Labute approximate surface area is 335 Å². The molecule has 0 saturated carbocycles. The van der Waals surface area contributed by atoms with Gasteiger partial charge < -0.3 is 9.47 Å². The molecule has 2 heterocycles. The molecule has 0 amide bonds. The molecule has 11 aromatic rings. The Balaban J connectivity index is 1.18. The van der Waals surface area contributed by atoms with Gasteiger partial charge in [-0.2, -0.15) is 0 Å². The number of fused-ring (bicyclic) bond motifs is 6. The Bertz CT molecular complexity index is 3190. The molecule has 2 aromatic heterocycles. The van der Waals surface area contributed by atoms with E-state index in [0.717, 1.165) is 22.7 Å². The van der Waals surface area contributed by atoms with Gasteiger partial charge in [-0.05, 0) is 82.9 Å². The van der Waals surface area contributed by atoms with Gasteiger partial charge in [-0.3, -0.25) is 0 Å². The number of para-hydroxylation sites is 3. The average molecular weight is 745 g/mol. The van der Waals surface area contributed by atoms with Crippen molar-refractivity contribution in [1.29, 1.82) is 0 Å².